The minimum atomic E-state index is -0.913. The Morgan fingerprint density at radius 3 is 2.90 bits per heavy atom. The lowest BCUT2D eigenvalue weighted by Crippen LogP contribution is -2.10. The Morgan fingerprint density at radius 1 is 1.38 bits per heavy atom. The summed E-state index contributed by atoms with van der Waals surface area (Å²) in [6.07, 6.45) is 3.74. The van der Waals surface area contributed by atoms with Gasteiger partial charge in [-0.15, -0.1) is 11.3 Å². The Kier molecular flexibility index (Phi) is 3.75. The summed E-state index contributed by atoms with van der Waals surface area (Å²) in [6, 6.07) is 9.50. The molecule has 21 heavy (non-hydrogen) atoms. The maximum absolute atomic E-state index is 11.5. The van der Waals surface area contributed by atoms with Crippen molar-refractivity contribution in [2.24, 2.45) is 0 Å². The van der Waals surface area contributed by atoms with Gasteiger partial charge in [0, 0.05) is 4.88 Å². The number of hydrogen-bond acceptors (Lipinski definition) is 3. The molecule has 0 saturated carbocycles. The molecule has 1 N–H and O–H groups in total. The van der Waals surface area contributed by atoms with Crippen LogP contribution in [0.15, 0.2) is 42.0 Å². The van der Waals surface area contributed by atoms with Crippen LogP contribution in [0.3, 0.4) is 0 Å². The quantitative estimate of drug-likeness (QED) is 0.769. The van der Waals surface area contributed by atoms with Gasteiger partial charge < -0.3 is 9.67 Å². The lowest BCUT2D eigenvalue weighted by atomic mass is 10.1. The molecule has 0 aliphatic heterocycles. The minimum absolute atomic E-state index is 0.139. The van der Waals surface area contributed by atoms with Crippen molar-refractivity contribution in [1.29, 1.82) is 0 Å². The van der Waals surface area contributed by atoms with Crippen molar-refractivity contribution < 1.29 is 9.90 Å². The average Bonchev–Trinajstić information content (AvgIpc) is 3.14. The number of thiophene rings is 1. The number of imidazole rings is 1. The number of para-hydroxylation sites is 1. The van der Waals surface area contributed by atoms with Gasteiger partial charge in [0.25, 0.3) is 0 Å². The van der Waals surface area contributed by atoms with Crippen molar-refractivity contribution in [3.8, 4) is 0 Å². The number of benzene rings is 1. The van der Waals surface area contributed by atoms with Crippen LogP contribution in [0.1, 0.15) is 41.0 Å². The summed E-state index contributed by atoms with van der Waals surface area (Å²) in [5.41, 5.74) is 1.74. The van der Waals surface area contributed by atoms with E-state index in [1.807, 2.05) is 16.7 Å². The second-order valence-electron chi connectivity index (χ2n) is 4.95. The predicted octanol–water partition coefficient (Wildman–Crippen LogP) is 4.19. The third kappa shape index (κ3) is 2.45. The number of fused-ring (bicyclic) bond motifs is 1. The third-order valence-electron chi connectivity index (χ3n) is 3.59. The molecule has 0 fully saturated rings. The lowest BCUT2D eigenvalue weighted by Gasteiger charge is -2.18. The number of carbonyl (C=O) groups is 1. The lowest BCUT2D eigenvalue weighted by molar-refractivity contribution is 0.0698. The molecule has 2 heterocycles. The fourth-order valence-electron chi connectivity index (χ4n) is 2.67. The first kappa shape index (κ1) is 13.8. The summed E-state index contributed by atoms with van der Waals surface area (Å²) in [6.45, 7) is 2.14. The van der Waals surface area contributed by atoms with E-state index in [-0.39, 0.29) is 6.04 Å². The molecule has 1 aromatic carbocycles. The van der Waals surface area contributed by atoms with Gasteiger partial charge in [-0.05, 0) is 30.0 Å². The molecule has 5 heteroatoms. The largest absolute Gasteiger partial charge is 0.478 e. The number of hydrogen-bond donors (Lipinski definition) is 1. The molecule has 3 rings (SSSR count). The molecule has 0 amide bonds. The van der Waals surface area contributed by atoms with E-state index < -0.39 is 5.97 Å². The molecule has 0 saturated heterocycles. The zero-order valence-electron chi connectivity index (χ0n) is 11.7. The summed E-state index contributed by atoms with van der Waals surface area (Å²) >= 11 is 1.70. The standard InChI is InChI=1S/C16H16N2O2S/c1-2-5-13(14-8-4-9-21-14)18-10-17-12-7-3-6-11(15(12)18)16(19)20/h3-4,6-10,13H,2,5H2,1H3,(H,19,20). The molecule has 0 radical (unpaired) electrons. The monoisotopic (exact) mass is 300 g/mol. The second kappa shape index (κ2) is 5.69. The highest BCUT2D eigenvalue weighted by molar-refractivity contribution is 7.10. The maximum Gasteiger partial charge on any atom is 0.337 e. The molecule has 4 nitrogen and oxygen atoms in total. The Hall–Kier alpha value is -2.14. The molecule has 108 valence electrons. The highest BCUT2D eigenvalue weighted by Gasteiger charge is 2.20. The molecule has 1 unspecified atom stereocenters. The number of nitrogens with zero attached hydrogens (tertiary/aromatic N) is 2. The number of rotatable bonds is 5. The van der Waals surface area contributed by atoms with Crippen LogP contribution in [0.25, 0.3) is 11.0 Å². The van der Waals surface area contributed by atoms with Gasteiger partial charge in [-0.2, -0.15) is 0 Å². The molecular formula is C16H16N2O2S. The van der Waals surface area contributed by atoms with Crippen LogP contribution in [0.2, 0.25) is 0 Å². The third-order valence-corrected chi connectivity index (χ3v) is 4.57. The molecular weight excluding hydrogens is 284 g/mol. The summed E-state index contributed by atoms with van der Waals surface area (Å²) in [5, 5.41) is 11.5. The van der Waals surface area contributed by atoms with Crippen LogP contribution in [-0.2, 0) is 0 Å². The Balaban J connectivity index is 2.20. The van der Waals surface area contributed by atoms with Gasteiger partial charge >= 0.3 is 5.97 Å². The molecule has 0 spiro atoms. The number of carboxylic acid groups (broad SMARTS) is 1. The first-order valence-corrected chi connectivity index (χ1v) is 7.82. The fourth-order valence-corrected chi connectivity index (χ4v) is 3.53. The van der Waals surface area contributed by atoms with Gasteiger partial charge in [-0.25, -0.2) is 9.78 Å². The first-order valence-electron chi connectivity index (χ1n) is 6.94. The van der Waals surface area contributed by atoms with Crippen LogP contribution in [0.4, 0.5) is 0 Å². The molecule has 3 aromatic rings. The summed E-state index contributed by atoms with van der Waals surface area (Å²) in [5.74, 6) is -0.913. The van der Waals surface area contributed by atoms with E-state index >= 15 is 0 Å². The minimum Gasteiger partial charge on any atom is -0.478 e. The van der Waals surface area contributed by atoms with Gasteiger partial charge in [0.15, 0.2) is 0 Å². The topological polar surface area (TPSA) is 55.1 Å². The Labute approximate surface area is 126 Å². The predicted molar refractivity (Wildman–Crippen MR) is 84.1 cm³/mol. The smallest absolute Gasteiger partial charge is 0.337 e. The second-order valence-corrected chi connectivity index (χ2v) is 5.93. The summed E-state index contributed by atoms with van der Waals surface area (Å²) in [4.78, 5) is 17.1. The Bertz CT molecular complexity index is 762. The fraction of sp³-hybridized carbons (Fsp3) is 0.250. The molecule has 0 aliphatic carbocycles. The van der Waals surface area contributed by atoms with E-state index in [9.17, 15) is 9.90 Å². The van der Waals surface area contributed by atoms with Crippen LogP contribution in [0.5, 0.6) is 0 Å². The number of carboxylic acids is 1. The maximum atomic E-state index is 11.5. The molecule has 2 aromatic heterocycles. The summed E-state index contributed by atoms with van der Waals surface area (Å²) in [7, 11) is 0. The van der Waals surface area contributed by atoms with Gasteiger partial charge in [0.1, 0.15) is 0 Å². The Morgan fingerprint density at radius 2 is 2.24 bits per heavy atom. The zero-order valence-corrected chi connectivity index (χ0v) is 12.5. The summed E-state index contributed by atoms with van der Waals surface area (Å²) < 4.78 is 2.01. The van der Waals surface area contributed by atoms with Gasteiger partial charge in [0.2, 0.25) is 0 Å². The highest BCUT2D eigenvalue weighted by atomic mass is 32.1. The highest BCUT2D eigenvalue weighted by Crippen LogP contribution is 2.31. The van der Waals surface area contributed by atoms with E-state index in [0.29, 0.717) is 11.1 Å². The molecule has 0 aliphatic rings. The van der Waals surface area contributed by atoms with Crippen LogP contribution >= 0.6 is 11.3 Å². The van der Waals surface area contributed by atoms with E-state index in [1.165, 1.54) is 4.88 Å². The van der Waals surface area contributed by atoms with Crippen molar-refractivity contribution in [3.63, 3.8) is 0 Å². The van der Waals surface area contributed by atoms with Gasteiger partial charge in [-0.1, -0.05) is 25.5 Å². The van der Waals surface area contributed by atoms with Crippen molar-refractivity contribution in [3.05, 3.63) is 52.5 Å². The van der Waals surface area contributed by atoms with Crippen molar-refractivity contribution in [1.82, 2.24) is 9.55 Å². The zero-order chi connectivity index (χ0) is 14.8. The SMILES string of the molecule is CCCC(c1cccs1)n1cnc2cccc(C(=O)O)c21. The van der Waals surface area contributed by atoms with Crippen LogP contribution in [0, 0.1) is 0 Å². The van der Waals surface area contributed by atoms with Crippen molar-refractivity contribution >= 4 is 28.3 Å². The van der Waals surface area contributed by atoms with Crippen molar-refractivity contribution in [2.75, 3.05) is 0 Å². The van der Waals surface area contributed by atoms with E-state index in [2.05, 4.69) is 23.4 Å². The van der Waals surface area contributed by atoms with Crippen LogP contribution < -0.4 is 0 Å². The van der Waals surface area contributed by atoms with Crippen molar-refractivity contribution in [2.45, 2.75) is 25.8 Å². The van der Waals surface area contributed by atoms with E-state index in [1.54, 1.807) is 29.8 Å². The first-order chi connectivity index (χ1) is 10.2. The normalized spacial score (nSPS) is 12.6. The molecule has 0 bridgehead atoms. The average molecular weight is 300 g/mol. The van der Waals surface area contributed by atoms with E-state index in [0.717, 1.165) is 18.4 Å². The van der Waals surface area contributed by atoms with Gasteiger partial charge in [-0.3, -0.25) is 0 Å². The molecule has 1 atom stereocenters. The van der Waals surface area contributed by atoms with E-state index in [4.69, 9.17) is 0 Å². The van der Waals surface area contributed by atoms with Crippen LogP contribution in [-0.4, -0.2) is 20.6 Å². The van der Waals surface area contributed by atoms with Gasteiger partial charge in [0.05, 0.1) is 29.0 Å². The number of aromatic nitrogens is 2. The number of aromatic carboxylic acids is 1.